The summed E-state index contributed by atoms with van der Waals surface area (Å²) in [6.45, 7) is 2.77. The second-order valence-electron chi connectivity index (χ2n) is 4.45. The number of hydrogen-bond donors (Lipinski definition) is 2. The molecule has 1 aromatic carbocycles. The molecule has 0 aliphatic carbocycles. The van der Waals surface area contributed by atoms with Gasteiger partial charge in [0.2, 0.25) is 5.95 Å². The summed E-state index contributed by atoms with van der Waals surface area (Å²) in [7, 11) is 0. The minimum atomic E-state index is -0.485. The van der Waals surface area contributed by atoms with Gasteiger partial charge in [-0.25, -0.2) is 9.37 Å². The highest BCUT2D eigenvalue weighted by Gasteiger charge is 2.07. The molecule has 0 radical (unpaired) electrons. The SMILES string of the molecule is CC(CCNc1nc(N)ncc1F)c1ccccc1. The molecule has 2 aromatic rings. The molecule has 19 heavy (non-hydrogen) atoms. The van der Waals surface area contributed by atoms with Gasteiger partial charge in [-0.15, -0.1) is 0 Å². The van der Waals surface area contributed by atoms with Gasteiger partial charge in [-0.05, 0) is 17.9 Å². The summed E-state index contributed by atoms with van der Waals surface area (Å²) in [6, 6.07) is 10.2. The maximum absolute atomic E-state index is 13.4. The van der Waals surface area contributed by atoms with Crippen LogP contribution in [-0.2, 0) is 0 Å². The molecule has 2 rings (SSSR count). The number of nitrogens with one attached hydrogen (secondary N) is 1. The van der Waals surface area contributed by atoms with Crippen molar-refractivity contribution in [1.82, 2.24) is 9.97 Å². The molecule has 4 nitrogen and oxygen atoms in total. The van der Waals surface area contributed by atoms with Crippen LogP contribution in [0.4, 0.5) is 16.2 Å². The van der Waals surface area contributed by atoms with E-state index in [2.05, 4.69) is 34.3 Å². The van der Waals surface area contributed by atoms with Crippen LogP contribution >= 0.6 is 0 Å². The molecule has 0 spiro atoms. The number of anilines is 2. The molecule has 0 aliphatic rings. The summed E-state index contributed by atoms with van der Waals surface area (Å²) >= 11 is 0. The van der Waals surface area contributed by atoms with Gasteiger partial charge in [0.25, 0.3) is 0 Å². The van der Waals surface area contributed by atoms with Crippen LogP contribution in [0.15, 0.2) is 36.5 Å². The first-order valence-electron chi connectivity index (χ1n) is 6.23. The van der Waals surface area contributed by atoms with Gasteiger partial charge in [0, 0.05) is 6.54 Å². The standard InChI is InChI=1S/C14H17FN4/c1-10(11-5-3-2-4-6-11)7-8-17-13-12(15)9-18-14(16)19-13/h2-6,9-10H,7-8H2,1H3,(H3,16,17,18,19). The van der Waals surface area contributed by atoms with E-state index in [1.54, 1.807) is 0 Å². The second kappa shape index (κ2) is 6.13. The fraction of sp³-hybridized carbons (Fsp3) is 0.286. The van der Waals surface area contributed by atoms with Crippen molar-refractivity contribution in [3.8, 4) is 0 Å². The molecule has 0 saturated heterocycles. The lowest BCUT2D eigenvalue weighted by Gasteiger charge is -2.13. The third-order valence-electron chi connectivity index (χ3n) is 3.00. The molecular weight excluding hydrogens is 243 g/mol. The molecule has 0 saturated carbocycles. The van der Waals surface area contributed by atoms with E-state index in [1.165, 1.54) is 5.56 Å². The maximum Gasteiger partial charge on any atom is 0.222 e. The third kappa shape index (κ3) is 3.64. The number of nitrogens with zero attached hydrogens (tertiary/aromatic N) is 2. The highest BCUT2D eigenvalue weighted by atomic mass is 19.1. The molecule has 1 heterocycles. The molecule has 0 aliphatic heterocycles. The maximum atomic E-state index is 13.4. The monoisotopic (exact) mass is 260 g/mol. The number of rotatable bonds is 5. The topological polar surface area (TPSA) is 63.8 Å². The van der Waals surface area contributed by atoms with E-state index < -0.39 is 5.82 Å². The highest BCUT2D eigenvalue weighted by molar-refractivity contribution is 5.39. The summed E-state index contributed by atoms with van der Waals surface area (Å²) in [4.78, 5) is 7.40. The van der Waals surface area contributed by atoms with E-state index in [0.717, 1.165) is 12.6 Å². The molecule has 0 fully saturated rings. The smallest absolute Gasteiger partial charge is 0.222 e. The Hall–Kier alpha value is -2.17. The van der Waals surface area contributed by atoms with Crippen LogP contribution in [0.3, 0.4) is 0 Å². The summed E-state index contributed by atoms with van der Waals surface area (Å²) in [5.41, 5.74) is 6.69. The van der Waals surface area contributed by atoms with E-state index in [4.69, 9.17) is 5.73 Å². The minimum Gasteiger partial charge on any atom is -0.368 e. The number of nitrogen functional groups attached to an aromatic ring is 1. The van der Waals surface area contributed by atoms with Crippen molar-refractivity contribution in [3.63, 3.8) is 0 Å². The van der Waals surface area contributed by atoms with E-state index in [1.807, 2.05) is 18.2 Å². The van der Waals surface area contributed by atoms with Gasteiger partial charge in [0.1, 0.15) is 0 Å². The summed E-state index contributed by atoms with van der Waals surface area (Å²) < 4.78 is 13.4. The quantitative estimate of drug-likeness (QED) is 0.867. The Morgan fingerprint density at radius 3 is 2.79 bits per heavy atom. The average molecular weight is 260 g/mol. The molecule has 5 heteroatoms. The highest BCUT2D eigenvalue weighted by Crippen LogP contribution is 2.18. The van der Waals surface area contributed by atoms with E-state index >= 15 is 0 Å². The Morgan fingerprint density at radius 2 is 2.05 bits per heavy atom. The van der Waals surface area contributed by atoms with E-state index in [9.17, 15) is 4.39 Å². The average Bonchev–Trinajstić information content (AvgIpc) is 2.43. The summed E-state index contributed by atoms with van der Waals surface area (Å²) in [6.07, 6.45) is 1.96. The zero-order valence-electron chi connectivity index (χ0n) is 10.8. The van der Waals surface area contributed by atoms with Gasteiger partial charge < -0.3 is 11.1 Å². The Labute approximate surface area is 111 Å². The largest absolute Gasteiger partial charge is 0.368 e. The lowest BCUT2D eigenvalue weighted by Crippen LogP contribution is -2.10. The fourth-order valence-corrected chi connectivity index (χ4v) is 1.86. The molecule has 3 N–H and O–H groups in total. The normalized spacial score (nSPS) is 12.1. The Kier molecular flexibility index (Phi) is 4.28. The summed E-state index contributed by atoms with van der Waals surface area (Å²) in [5.74, 6) is 0.144. The third-order valence-corrected chi connectivity index (χ3v) is 3.00. The fourth-order valence-electron chi connectivity index (χ4n) is 1.86. The Balaban J connectivity index is 1.88. The first-order valence-corrected chi connectivity index (χ1v) is 6.23. The van der Waals surface area contributed by atoms with Crippen molar-refractivity contribution in [2.45, 2.75) is 19.3 Å². The molecule has 1 atom stereocenters. The lowest BCUT2D eigenvalue weighted by atomic mass is 9.98. The van der Waals surface area contributed by atoms with Crippen LogP contribution in [0.1, 0.15) is 24.8 Å². The zero-order chi connectivity index (χ0) is 13.7. The van der Waals surface area contributed by atoms with Crippen LogP contribution in [0.5, 0.6) is 0 Å². The molecular formula is C14H17FN4. The predicted molar refractivity (Wildman–Crippen MR) is 74.4 cm³/mol. The van der Waals surface area contributed by atoms with Crippen molar-refractivity contribution < 1.29 is 4.39 Å². The van der Waals surface area contributed by atoms with E-state index in [0.29, 0.717) is 12.5 Å². The lowest BCUT2D eigenvalue weighted by molar-refractivity contribution is 0.615. The van der Waals surface area contributed by atoms with Gasteiger partial charge in [-0.2, -0.15) is 4.98 Å². The van der Waals surface area contributed by atoms with Crippen LogP contribution in [0, 0.1) is 5.82 Å². The number of halogens is 1. The number of nitrogens with two attached hydrogens (primary N) is 1. The van der Waals surface area contributed by atoms with Gasteiger partial charge in [-0.3, -0.25) is 0 Å². The molecule has 0 amide bonds. The van der Waals surface area contributed by atoms with Crippen molar-refractivity contribution in [2.24, 2.45) is 0 Å². The van der Waals surface area contributed by atoms with Crippen LogP contribution < -0.4 is 11.1 Å². The van der Waals surface area contributed by atoms with Gasteiger partial charge in [-0.1, -0.05) is 37.3 Å². The number of hydrogen-bond acceptors (Lipinski definition) is 4. The van der Waals surface area contributed by atoms with Crippen LogP contribution in [-0.4, -0.2) is 16.5 Å². The Morgan fingerprint density at radius 1 is 1.32 bits per heavy atom. The molecule has 100 valence electrons. The van der Waals surface area contributed by atoms with Crippen LogP contribution in [0.25, 0.3) is 0 Å². The van der Waals surface area contributed by atoms with Gasteiger partial charge in [0.15, 0.2) is 11.6 Å². The Bertz CT molecular complexity index is 530. The number of benzene rings is 1. The summed E-state index contributed by atoms with van der Waals surface area (Å²) in [5, 5.41) is 2.95. The van der Waals surface area contributed by atoms with Crippen molar-refractivity contribution >= 4 is 11.8 Å². The van der Waals surface area contributed by atoms with Gasteiger partial charge >= 0.3 is 0 Å². The zero-order valence-corrected chi connectivity index (χ0v) is 10.8. The first-order chi connectivity index (χ1) is 9.16. The number of aromatic nitrogens is 2. The van der Waals surface area contributed by atoms with Crippen LogP contribution in [0.2, 0.25) is 0 Å². The van der Waals surface area contributed by atoms with E-state index in [-0.39, 0.29) is 11.8 Å². The first kappa shape index (κ1) is 13.3. The molecule has 1 unspecified atom stereocenters. The minimum absolute atomic E-state index is 0.0695. The second-order valence-corrected chi connectivity index (χ2v) is 4.45. The molecule has 0 bridgehead atoms. The van der Waals surface area contributed by atoms with Gasteiger partial charge in [0.05, 0.1) is 6.20 Å². The van der Waals surface area contributed by atoms with Crippen molar-refractivity contribution in [3.05, 3.63) is 47.9 Å². The van der Waals surface area contributed by atoms with Crippen molar-refractivity contribution in [1.29, 1.82) is 0 Å². The predicted octanol–water partition coefficient (Wildman–Crippen LogP) is 2.80. The molecule has 1 aromatic heterocycles. The van der Waals surface area contributed by atoms with Crippen molar-refractivity contribution in [2.75, 3.05) is 17.6 Å².